The van der Waals surface area contributed by atoms with Gasteiger partial charge in [0, 0.05) is 0 Å². The van der Waals surface area contributed by atoms with Crippen molar-refractivity contribution in [1.82, 2.24) is 5.32 Å². The Kier molecular flexibility index (Phi) is 10.1. The van der Waals surface area contributed by atoms with Gasteiger partial charge in [0.25, 0.3) is 0 Å². The van der Waals surface area contributed by atoms with E-state index in [9.17, 15) is 0 Å². The third-order valence-electron chi connectivity index (χ3n) is 2.39. The zero-order valence-corrected chi connectivity index (χ0v) is 9.68. The second-order valence-corrected chi connectivity index (χ2v) is 3.84. The molecule has 0 aromatic carbocycles. The molecule has 2 heteroatoms. The van der Waals surface area contributed by atoms with E-state index < -0.39 is 0 Å². The van der Waals surface area contributed by atoms with Gasteiger partial charge in [0.1, 0.15) is 0 Å². The number of hydrogen-bond donors (Lipinski definition) is 1. The van der Waals surface area contributed by atoms with Crippen LogP contribution in [0.1, 0.15) is 58.8 Å². The number of nitrogens with one attached hydrogen (secondary N) is 1. The number of hydrogen-bond acceptors (Lipinski definition) is 2. The molecule has 2 nitrogen and oxygen atoms in total. The van der Waals surface area contributed by atoms with Gasteiger partial charge in [-0.3, -0.25) is 0 Å². The van der Waals surface area contributed by atoms with Crippen LogP contribution in [0.4, 0.5) is 0 Å². The highest BCUT2D eigenvalue weighted by Gasteiger charge is 2.04. The lowest BCUT2D eigenvalue weighted by Gasteiger charge is -2.09. The highest BCUT2D eigenvalue weighted by Crippen LogP contribution is 2.06. The van der Waals surface area contributed by atoms with Crippen molar-refractivity contribution < 1.29 is 0 Å². The first kappa shape index (κ1) is 13.4. The van der Waals surface area contributed by atoms with Crippen LogP contribution >= 0.6 is 0 Å². The molecule has 0 aliphatic heterocycles. The molecule has 82 valence electrons. The van der Waals surface area contributed by atoms with Crippen molar-refractivity contribution in [3.8, 4) is 6.07 Å². The number of unbranched alkanes of at least 4 members (excludes halogenated alkanes) is 4. The third-order valence-corrected chi connectivity index (χ3v) is 2.39. The van der Waals surface area contributed by atoms with E-state index in [1.165, 1.54) is 32.1 Å². The Labute approximate surface area is 88.7 Å². The minimum Gasteiger partial charge on any atom is -0.302 e. The molecule has 1 atom stereocenters. The van der Waals surface area contributed by atoms with Crippen LogP contribution in [0.3, 0.4) is 0 Å². The van der Waals surface area contributed by atoms with E-state index in [0.717, 1.165) is 19.4 Å². The molecule has 0 radical (unpaired) electrons. The predicted molar refractivity (Wildman–Crippen MR) is 61.1 cm³/mol. The topological polar surface area (TPSA) is 35.8 Å². The summed E-state index contributed by atoms with van der Waals surface area (Å²) < 4.78 is 0. The molecule has 0 amide bonds. The maximum atomic E-state index is 8.84. The lowest BCUT2D eigenvalue weighted by molar-refractivity contribution is 0.518. The quantitative estimate of drug-likeness (QED) is 0.575. The third kappa shape index (κ3) is 8.07. The van der Waals surface area contributed by atoms with Crippen molar-refractivity contribution in [1.29, 1.82) is 5.26 Å². The molecule has 0 aliphatic carbocycles. The summed E-state index contributed by atoms with van der Waals surface area (Å²) in [5.41, 5.74) is 0. The maximum absolute atomic E-state index is 8.84. The van der Waals surface area contributed by atoms with E-state index in [0.29, 0.717) is 0 Å². The van der Waals surface area contributed by atoms with Gasteiger partial charge >= 0.3 is 0 Å². The molecule has 0 aliphatic rings. The summed E-state index contributed by atoms with van der Waals surface area (Å²) in [4.78, 5) is 0. The van der Waals surface area contributed by atoms with Crippen LogP contribution in [-0.4, -0.2) is 12.6 Å². The van der Waals surface area contributed by atoms with Crippen LogP contribution in [-0.2, 0) is 0 Å². The van der Waals surface area contributed by atoms with Crippen molar-refractivity contribution in [3.05, 3.63) is 0 Å². The second kappa shape index (κ2) is 10.5. The number of nitrogens with zero attached hydrogens (tertiary/aromatic N) is 1. The van der Waals surface area contributed by atoms with Crippen molar-refractivity contribution >= 4 is 0 Å². The zero-order chi connectivity index (χ0) is 10.6. The first-order valence-corrected chi connectivity index (χ1v) is 5.98. The lowest BCUT2D eigenvalue weighted by atomic mass is 10.1. The molecular weight excluding hydrogens is 172 g/mol. The van der Waals surface area contributed by atoms with Gasteiger partial charge in [-0.1, -0.05) is 46.0 Å². The van der Waals surface area contributed by atoms with Gasteiger partial charge in [0.15, 0.2) is 0 Å². The van der Waals surface area contributed by atoms with Crippen molar-refractivity contribution in [2.24, 2.45) is 0 Å². The van der Waals surface area contributed by atoms with E-state index >= 15 is 0 Å². The highest BCUT2D eigenvalue weighted by atomic mass is 14.9. The van der Waals surface area contributed by atoms with Crippen LogP contribution in [0.2, 0.25) is 0 Å². The minimum atomic E-state index is 0.0802. The fourth-order valence-corrected chi connectivity index (χ4v) is 1.48. The summed E-state index contributed by atoms with van der Waals surface area (Å²) in [6, 6.07) is 2.40. The fraction of sp³-hybridized carbons (Fsp3) is 0.917. The summed E-state index contributed by atoms with van der Waals surface area (Å²) >= 11 is 0. The van der Waals surface area contributed by atoms with Crippen LogP contribution in [0.5, 0.6) is 0 Å². The number of nitriles is 1. The Balaban J connectivity index is 3.30. The minimum absolute atomic E-state index is 0.0802. The van der Waals surface area contributed by atoms with E-state index in [2.05, 4.69) is 25.2 Å². The lowest BCUT2D eigenvalue weighted by Crippen LogP contribution is -2.28. The average molecular weight is 196 g/mol. The highest BCUT2D eigenvalue weighted by molar-refractivity contribution is 4.89. The Morgan fingerprint density at radius 1 is 1.07 bits per heavy atom. The van der Waals surface area contributed by atoms with E-state index in [-0.39, 0.29) is 6.04 Å². The van der Waals surface area contributed by atoms with Crippen LogP contribution in [0.25, 0.3) is 0 Å². The first-order valence-electron chi connectivity index (χ1n) is 5.98. The van der Waals surface area contributed by atoms with Crippen molar-refractivity contribution in [2.45, 2.75) is 64.8 Å². The van der Waals surface area contributed by atoms with Gasteiger partial charge in [-0.2, -0.15) is 5.26 Å². The average Bonchev–Trinajstić information content (AvgIpc) is 2.22. The Hall–Kier alpha value is -0.550. The van der Waals surface area contributed by atoms with Crippen LogP contribution in [0, 0.1) is 11.3 Å². The van der Waals surface area contributed by atoms with Gasteiger partial charge in [0.05, 0.1) is 12.1 Å². The maximum Gasteiger partial charge on any atom is 0.0952 e. The SMILES string of the molecule is CCCCCCCC(C#N)NCCC. The standard InChI is InChI=1S/C12H24N2/c1-3-5-6-7-8-9-12(11-13)14-10-4-2/h12,14H,3-10H2,1-2H3. The molecule has 0 saturated heterocycles. The fourth-order valence-electron chi connectivity index (χ4n) is 1.48. The van der Waals surface area contributed by atoms with E-state index in [4.69, 9.17) is 5.26 Å². The molecule has 0 aromatic heterocycles. The van der Waals surface area contributed by atoms with Crippen molar-refractivity contribution in [3.63, 3.8) is 0 Å². The molecule has 0 saturated carbocycles. The molecule has 1 N–H and O–H groups in total. The summed E-state index contributed by atoms with van der Waals surface area (Å²) in [5, 5.41) is 12.1. The molecule has 1 unspecified atom stereocenters. The summed E-state index contributed by atoms with van der Waals surface area (Å²) in [6.07, 6.45) is 8.53. The van der Waals surface area contributed by atoms with Gasteiger partial charge in [-0.25, -0.2) is 0 Å². The molecular formula is C12H24N2. The molecule has 0 aromatic rings. The monoisotopic (exact) mass is 196 g/mol. The van der Waals surface area contributed by atoms with Crippen molar-refractivity contribution in [2.75, 3.05) is 6.54 Å². The smallest absolute Gasteiger partial charge is 0.0952 e. The van der Waals surface area contributed by atoms with Gasteiger partial charge in [-0.15, -0.1) is 0 Å². The Morgan fingerprint density at radius 3 is 2.36 bits per heavy atom. The molecule has 0 rings (SSSR count). The second-order valence-electron chi connectivity index (χ2n) is 3.84. The zero-order valence-electron chi connectivity index (χ0n) is 9.68. The number of rotatable bonds is 9. The predicted octanol–water partition coefficient (Wildman–Crippen LogP) is 3.24. The molecule has 0 spiro atoms. The summed E-state index contributed by atoms with van der Waals surface area (Å²) in [5.74, 6) is 0. The molecule has 14 heavy (non-hydrogen) atoms. The van der Waals surface area contributed by atoms with E-state index in [1.807, 2.05) is 0 Å². The Bertz CT molecular complexity index is 149. The van der Waals surface area contributed by atoms with Crippen LogP contribution < -0.4 is 5.32 Å². The largest absolute Gasteiger partial charge is 0.302 e. The van der Waals surface area contributed by atoms with Gasteiger partial charge < -0.3 is 5.32 Å². The van der Waals surface area contributed by atoms with Crippen LogP contribution in [0.15, 0.2) is 0 Å². The summed E-state index contributed by atoms with van der Waals surface area (Å²) in [7, 11) is 0. The summed E-state index contributed by atoms with van der Waals surface area (Å²) in [6.45, 7) is 5.32. The van der Waals surface area contributed by atoms with Gasteiger partial charge in [0.2, 0.25) is 0 Å². The molecule has 0 heterocycles. The molecule has 0 bridgehead atoms. The Morgan fingerprint density at radius 2 is 1.79 bits per heavy atom. The normalized spacial score (nSPS) is 12.4. The first-order chi connectivity index (χ1) is 6.85. The molecule has 0 fully saturated rings. The van der Waals surface area contributed by atoms with Gasteiger partial charge in [-0.05, 0) is 19.4 Å². The van der Waals surface area contributed by atoms with E-state index in [1.54, 1.807) is 0 Å².